The number of aryl methyl sites for hydroxylation is 2. The number of rotatable bonds is 9. The maximum absolute atomic E-state index is 13.0. The van der Waals surface area contributed by atoms with Crippen LogP contribution >= 0.6 is 0 Å². The number of anilines is 1. The van der Waals surface area contributed by atoms with Gasteiger partial charge in [0.15, 0.2) is 0 Å². The lowest BCUT2D eigenvalue weighted by atomic mass is 10.00. The fourth-order valence-electron chi connectivity index (χ4n) is 5.18. The molecule has 2 amide bonds. The van der Waals surface area contributed by atoms with Gasteiger partial charge in [-0.15, -0.1) is 0 Å². The van der Waals surface area contributed by atoms with E-state index in [4.69, 9.17) is 0 Å². The van der Waals surface area contributed by atoms with Crippen molar-refractivity contribution in [2.24, 2.45) is 0 Å². The second-order valence-electron chi connectivity index (χ2n) is 10.2. The standard InChI is InChI=1S/C32H36N6O2/c1-6-37(7-2)15-14-33-32(40)30-21(4)29(35-22(30)5)17-27-26-16-23(10-13-28(26)36-31(27)39)24-18-34-38(19-24)25-11-8-20(3)9-12-25/h8-13,16-19,35H,6-7,14-15H2,1-5H3,(H,33,40)(H,36,39)/b27-17-. The smallest absolute Gasteiger partial charge is 0.256 e. The van der Waals surface area contributed by atoms with Crippen molar-refractivity contribution < 1.29 is 9.59 Å². The minimum atomic E-state index is -0.167. The molecule has 0 spiro atoms. The number of hydrogen-bond acceptors (Lipinski definition) is 4. The molecule has 5 rings (SSSR count). The van der Waals surface area contributed by atoms with Crippen LogP contribution in [-0.4, -0.2) is 57.7 Å². The Bertz CT molecular complexity index is 1590. The Hall–Kier alpha value is -4.43. The van der Waals surface area contributed by atoms with Gasteiger partial charge in [-0.2, -0.15) is 5.10 Å². The van der Waals surface area contributed by atoms with Crippen LogP contribution in [0.5, 0.6) is 0 Å². The Labute approximate surface area is 235 Å². The van der Waals surface area contributed by atoms with Crippen LogP contribution in [0.1, 0.15) is 52.3 Å². The molecule has 0 bridgehead atoms. The molecule has 0 saturated carbocycles. The summed E-state index contributed by atoms with van der Waals surface area (Å²) >= 11 is 0. The Morgan fingerprint density at radius 1 is 1.05 bits per heavy atom. The molecule has 2 aromatic carbocycles. The molecule has 3 heterocycles. The minimum absolute atomic E-state index is 0.104. The zero-order valence-corrected chi connectivity index (χ0v) is 23.8. The lowest BCUT2D eigenvalue weighted by molar-refractivity contribution is -0.110. The number of amides is 2. The first-order chi connectivity index (χ1) is 19.3. The average Bonchev–Trinajstić information content (AvgIpc) is 3.63. The van der Waals surface area contributed by atoms with Crippen molar-refractivity contribution in [1.82, 2.24) is 25.0 Å². The molecule has 0 unspecified atom stereocenters. The van der Waals surface area contributed by atoms with Crippen molar-refractivity contribution in [3.63, 3.8) is 0 Å². The van der Waals surface area contributed by atoms with Gasteiger partial charge in [0.2, 0.25) is 0 Å². The molecule has 0 fully saturated rings. The third-order valence-electron chi connectivity index (χ3n) is 7.62. The molecule has 1 aliphatic rings. The molecule has 206 valence electrons. The summed E-state index contributed by atoms with van der Waals surface area (Å²) in [5.41, 5.74) is 9.23. The zero-order valence-electron chi connectivity index (χ0n) is 23.8. The number of hydrogen-bond donors (Lipinski definition) is 3. The van der Waals surface area contributed by atoms with Gasteiger partial charge in [-0.25, -0.2) is 4.68 Å². The van der Waals surface area contributed by atoms with E-state index >= 15 is 0 Å². The number of aromatic nitrogens is 3. The molecule has 0 atom stereocenters. The maximum Gasteiger partial charge on any atom is 0.256 e. The van der Waals surface area contributed by atoms with Gasteiger partial charge in [0, 0.05) is 47.5 Å². The van der Waals surface area contributed by atoms with Gasteiger partial charge in [0.1, 0.15) is 0 Å². The Morgan fingerprint density at radius 3 is 2.52 bits per heavy atom. The van der Waals surface area contributed by atoms with Crippen molar-refractivity contribution >= 4 is 29.2 Å². The lowest BCUT2D eigenvalue weighted by Crippen LogP contribution is -2.35. The van der Waals surface area contributed by atoms with Crippen molar-refractivity contribution in [2.45, 2.75) is 34.6 Å². The van der Waals surface area contributed by atoms with E-state index in [1.165, 1.54) is 5.56 Å². The van der Waals surface area contributed by atoms with E-state index in [2.05, 4.69) is 58.5 Å². The number of H-pyrrole nitrogens is 1. The van der Waals surface area contributed by atoms with Crippen molar-refractivity contribution in [3.8, 4) is 16.8 Å². The van der Waals surface area contributed by atoms with Crippen LogP contribution in [0.15, 0.2) is 54.9 Å². The number of likely N-dealkylation sites (N-methyl/N-ethyl adjacent to an activating group) is 1. The average molecular weight is 537 g/mol. The Balaban J connectivity index is 1.40. The molecule has 8 nitrogen and oxygen atoms in total. The molecule has 40 heavy (non-hydrogen) atoms. The quantitative estimate of drug-likeness (QED) is 0.251. The molecular formula is C32H36N6O2. The summed E-state index contributed by atoms with van der Waals surface area (Å²) in [7, 11) is 0. The third kappa shape index (κ3) is 5.35. The number of aromatic amines is 1. The molecule has 1 aliphatic heterocycles. The van der Waals surface area contributed by atoms with Gasteiger partial charge < -0.3 is 20.5 Å². The van der Waals surface area contributed by atoms with Crippen LogP contribution in [-0.2, 0) is 4.79 Å². The first kappa shape index (κ1) is 27.1. The second kappa shape index (κ2) is 11.4. The number of fused-ring (bicyclic) bond motifs is 1. The summed E-state index contributed by atoms with van der Waals surface area (Å²) in [6.07, 6.45) is 5.66. The predicted molar refractivity (Wildman–Crippen MR) is 161 cm³/mol. The van der Waals surface area contributed by atoms with Gasteiger partial charge in [0.25, 0.3) is 11.8 Å². The van der Waals surface area contributed by atoms with E-state index in [0.717, 1.165) is 64.7 Å². The SMILES string of the molecule is CCN(CC)CCNC(=O)c1c(C)[nH]c(/C=C2\C(=O)Nc3ccc(-c4cnn(-c5ccc(C)cc5)c4)cc32)c1C. The molecule has 4 aromatic rings. The zero-order chi connectivity index (χ0) is 28.4. The number of benzene rings is 2. The van der Waals surface area contributed by atoms with Crippen molar-refractivity contribution in [3.05, 3.63) is 88.5 Å². The van der Waals surface area contributed by atoms with E-state index in [0.29, 0.717) is 17.7 Å². The third-order valence-corrected chi connectivity index (χ3v) is 7.62. The summed E-state index contributed by atoms with van der Waals surface area (Å²) in [5, 5.41) is 10.6. The van der Waals surface area contributed by atoms with Gasteiger partial charge in [0.05, 0.1) is 23.0 Å². The van der Waals surface area contributed by atoms with Crippen LogP contribution in [0.25, 0.3) is 28.5 Å². The van der Waals surface area contributed by atoms with Crippen LogP contribution in [0.2, 0.25) is 0 Å². The largest absolute Gasteiger partial charge is 0.358 e. The van der Waals surface area contributed by atoms with Crippen LogP contribution in [0.4, 0.5) is 5.69 Å². The Morgan fingerprint density at radius 2 is 1.80 bits per heavy atom. The van der Waals surface area contributed by atoms with Gasteiger partial charge in [-0.1, -0.05) is 37.6 Å². The van der Waals surface area contributed by atoms with E-state index in [1.807, 2.05) is 67.3 Å². The summed E-state index contributed by atoms with van der Waals surface area (Å²) in [4.78, 5) is 31.6. The number of nitrogens with zero attached hydrogens (tertiary/aromatic N) is 3. The summed E-state index contributed by atoms with van der Waals surface area (Å²) in [6.45, 7) is 13.4. The molecule has 2 aromatic heterocycles. The van der Waals surface area contributed by atoms with E-state index in [1.54, 1.807) is 0 Å². The summed E-state index contributed by atoms with van der Waals surface area (Å²) in [5.74, 6) is -0.272. The molecular weight excluding hydrogens is 500 g/mol. The highest BCUT2D eigenvalue weighted by Gasteiger charge is 2.26. The highest BCUT2D eigenvalue weighted by molar-refractivity contribution is 6.35. The van der Waals surface area contributed by atoms with Gasteiger partial charge in [-0.3, -0.25) is 9.59 Å². The molecule has 3 N–H and O–H groups in total. The molecule has 0 aliphatic carbocycles. The fraction of sp³-hybridized carbons (Fsp3) is 0.281. The van der Waals surface area contributed by atoms with Crippen molar-refractivity contribution in [1.29, 1.82) is 0 Å². The number of carbonyl (C=O) groups is 2. The number of nitrogens with one attached hydrogen (secondary N) is 3. The van der Waals surface area contributed by atoms with E-state index in [-0.39, 0.29) is 11.8 Å². The lowest BCUT2D eigenvalue weighted by Gasteiger charge is -2.18. The monoisotopic (exact) mass is 536 g/mol. The fourth-order valence-corrected chi connectivity index (χ4v) is 5.18. The van der Waals surface area contributed by atoms with E-state index in [9.17, 15) is 9.59 Å². The first-order valence-electron chi connectivity index (χ1n) is 13.8. The highest BCUT2D eigenvalue weighted by atomic mass is 16.2. The van der Waals surface area contributed by atoms with Crippen molar-refractivity contribution in [2.75, 3.05) is 31.5 Å². The topological polar surface area (TPSA) is 95.1 Å². The summed E-state index contributed by atoms with van der Waals surface area (Å²) in [6, 6.07) is 14.1. The van der Waals surface area contributed by atoms with Gasteiger partial charge >= 0.3 is 0 Å². The highest BCUT2D eigenvalue weighted by Crippen LogP contribution is 2.37. The second-order valence-corrected chi connectivity index (χ2v) is 10.2. The predicted octanol–water partition coefficient (Wildman–Crippen LogP) is 5.36. The molecule has 0 radical (unpaired) electrons. The Kier molecular flexibility index (Phi) is 7.71. The molecule has 0 saturated heterocycles. The van der Waals surface area contributed by atoms with Crippen LogP contribution in [0.3, 0.4) is 0 Å². The van der Waals surface area contributed by atoms with Gasteiger partial charge in [-0.05, 0) is 75.3 Å². The maximum atomic E-state index is 13.0. The number of carbonyl (C=O) groups excluding carboxylic acids is 2. The van der Waals surface area contributed by atoms with Crippen LogP contribution < -0.4 is 10.6 Å². The van der Waals surface area contributed by atoms with E-state index < -0.39 is 0 Å². The molecule has 8 heteroatoms. The minimum Gasteiger partial charge on any atom is -0.358 e. The normalized spacial score (nSPS) is 13.7. The first-order valence-corrected chi connectivity index (χ1v) is 13.8. The summed E-state index contributed by atoms with van der Waals surface area (Å²) < 4.78 is 1.85. The van der Waals surface area contributed by atoms with Crippen LogP contribution in [0, 0.1) is 20.8 Å².